The number of thiazole rings is 1. The molecule has 19 heavy (non-hydrogen) atoms. The molecule has 0 aliphatic carbocycles. The standard InChI is InChI=1S/C12H6F2N2OS2/c13-8-2-1-7(5-9(8)14)19-11-10(6-17)16-3-4-18-12(16)15-11/h1-6H. The van der Waals surface area contributed by atoms with E-state index >= 15 is 0 Å². The van der Waals surface area contributed by atoms with Crippen molar-refractivity contribution in [1.82, 2.24) is 9.38 Å². The van der Waals surface area contributed by atoms with Crippen LogP contribution in [0.1, 0.15) is 10.5 Å². The maximum Gasteiger partial charge on any atom is 0.195 e. The number of hydrogen-bond acceptors (Lipinski definition) is 4. The predicted octanol–water partition coefficient (Wildman–Crippen LogP) is 3.64. The van der Waals surface area contributed by atoms with Crippen molar-refractivity contribution in [2.75, 3.05) is 0 Å². The Morgan fingerprint density at radius 3 is 2.89 bits per heavy atom. The molecule has 2 aromatic heterocycles. The van der Waals surface area contributed by atoms with Crippen molar-refractivity contribution in [3.63, 3.8) is 0 Å². The number of benzene rings is 1. The van der Waals surface area contributed by atoms with Gasteiger partial charge in [-0.1, -0.05) is 11.8 Å². The summed E-state index contributed by atoms with van der Waals surface area (Å²) in [5.74, 6) is -1.82. The minimum Gasteiger partial charge on any atom is -0.296 e. The Hall–Kier alpha value is -1.73. The van der Waals surface area contributed by atoms with Gasteiger partial charge < -0.3 is 0 Å². The van der Waals surface area contributed by atoms with E-state index in [-0.39, 0.29) is 0 Å². The second kappa shape index (κ2) is 4.75. The van der Waals surface area contributed by atoms with Crippen molar-refractivity contribution >= 4 is 34.3 Å². The third-order valence-corrected chi connectivity index (χ3v) is 4.22. The molecule has 3 aromatic rings. The Labute approximate surface area is 114 Å². The van der Waals surface area contributed by atoms with Crippen LogP contribution < -0.4 is 0 Å². The summed E-state index contributed by atoms with van der Waals surface area (Å²) in [7, 11) is 0. The molecule has 0 aliphatic rings. The molecular weight excluding hydrogens is 290 g/mol. The summed E-state index contributed by atoms with van der Waals surface area (Å²) in [4.78, 5) is 16.6. The number of aldehydes is 1. The molecule has 7 heteroatoms. The molecule has 0 unspecified atom stereocenters. The van der Waals surface area contributed by atoms with Gasteiger partial charge in [-0.15, -0.1) is 11.3 Å². The highest BCUT2D eigenvalue weighted by Crippen LogP contribution is 2.31. The largest absolute Gasteiger partial charge is 0.296 e. The number of imidazole rings is 1. The van der Waals surface area contributed by atoms with Crippen molar-refractivity contribution in [3.8, 4) is 0 Å². The molecule has 0 saturated heterocycles. The predicted molar refractivity (Wildman–Crippen MR) is 68.9 cm³/mol. The van der Waals surface area contributed by atoms with E-state index in [1.165, 1.54) is 17.4 Å². The number of carbonyl (C=O) groups excluding carboxylic acids is 1. The maximum atomic E-state index is 13.1. The summed E-state index contributed by atoms with van der Waals surface area (Å²) in [6, 6.07) is 3.59. The van der Waals surface area contributed by atoms with Gasteiger partial charge in [0.2, 0.25) is 0 Å². The first-order valence-electron chi connectivity index (χ1n) is 5.22. The number of carbonyl (C=O) groups is 1. The van der Waals surface area contributed by atoms with Gasteiger partial charge in [-0.3, -0.25) is 9.20 Å². The van der Waals surface area contributed by atoms with Gasteiger partial charge in [0.05, 0.1) is 0 Å². The summed E-state index contributed by atoms with van der Waals surface area (Å²) in [6.45, 7) is 0. The molecule has 0 bridgehead atoms. The van der Waals surface area contributed by atoms with E-state index in [2.05, 4.69) is 4.98 Å². The third kappa shape index (κ3) is 2.15. The first-order chi connectivity index (χ1) is 9.19. The zero-order valence-electron chi connectivity index (χ0n) is 9.34. The van der Waals surface area contributed by atoms with Crippen molar-refractivity contribution in [1.29, 1.82) is 0 Å². The molecule has 3 nitrogen and oxygen atoms in total. The molecular formula is C12H6F2N2OS2. The number of nitrogens with zero attached hydrogens (tertiary/aromatic N) is 2. The van der Waals surface area contributed by atoms with Gasteiger partial charge >= 0.3 is 0 Å². The lowest BCUT2D eigenvalue weighted by molar-refractivity contribution is 0.111. The van der Waals surface area contributed by atoms with E-state index in [0.717, 1.165) is 23.9 Å². The summed E-state index contributed by atoms with van der Waals surface area (Å²) in [5, 5.41) is 2.30. The van der Waals surface area contributed by atoms with Crippen LogP contribution in [0.25, 0.3) is 4.96 Å². The number of halogens is 2. The molecule has 0 amide bonds. The normalized spacial score (nSPS) is 11.1. The van der Waals surface area contributed by atoms with Crippen molar-refractivity contribution in [3.05, 3.63) is 47.1 Å². The summed E-state index contributed by atoms with van der Waals surface area (Å²) in [6.07, 6.45) is 2.45. The molecule has 0 spiro atoms. The van der Waals surface area contributed by atoms with E-state index in [9.17, 15) is 13.6 Å². The minimum atomic E-state index is -0.918. The van der Waals surface area contributed by atoms with Crippen LogP contribution in [-0.4, -0.2) is 15.7 Å². The Morgan fingerprint density at radius 2 is 2.16 bits per heavy atom. The molecule has 96 valence electrons. The Bertz CT molecular complexity index is 766. The summed E-state index contributed by atoms with van der Waals surface area (Å²) >= 11 is 2.53. The van der Waals surface area contributed by atoms with Gasteiger partial charge in [0.15, 0.2) is 22.9 Å². The number of rotatable bonds is 3. The van der Waals surface area contributed by atoms with E-state index in [1.54, 1.807) is 10.6 Å². The van der Waals surface area contributed by atoms with E-state index in [0.29, 0.717) is 26.9 Å². The van der Waals surface area contributed by atoms with Gasteiger partial charge in [0.25, 0.3) is 0 Å². The molecule has 0 fully saturated rings. The highest BCUT2D eigenvalue weighted by atomic mass is 32.2. The Morgan fingerprint density at radius 1 is 1.32 bits per heavy atom. The first-order valence-corrected chi connectivity index (χ1v) is 6.92. The fraction of sp³-hybridized carbons (Fsp3) is 0. The molecule has 0 saturated carbocycles. The van der Waals surface area contributed by atoms with Crippen molar-refractivity contribution < 1.29 is 13.6 Å². The van der Waals surface area contributed by atoms with Gasteiger partial charge in [-0.05, 0) is 18.2 Å². The fourth-order valence-corrected chi connectivity index (χ4v) is 3.30. The van der Waals surface area contributed by atoms with Crippen molar-refractivity contribution in [2.45, 2.75) is 9.92 Å². The van der Waals surface area contributed by atoms with Crippen LogP contribution >= 0.6 is 23.1 Å². The molecule has 0 radical (unpaired) electrons. The Balaban J connectivity index is 2.02. The summed E-state index contributed by atoms with van der Waals surface area (Å²) in [5.41, 5.74) is 0.408. The number of hydrogen-bond donors (Lipinski definition) is 0. The van der Waals surface area contributed by atoms with Gasteiger partial charge in [-0.2, -0.15) is 0 Å². The zero-order chi connectivity index (χ0) is 13.4. The van der Waals surface area contributed by atoms with E-state index in [4.69, 9.17) is 0 Å². The second-order valence-electron chi connectivity index (χ2n) is 3.65. The van der Waals surface area contributed by atoms with E-state index in [1.807, 2.05) is 5.38 Å². The van der Waals surface area contributed by atoms with Crippen LogP contribution in [0.4, 0.5) is 8.78 Å². The van der Waals surface area contributed by atoms with Crippen molar-refractivity contribution in [2.24, 2.45) is 0 Å². The minimum absolute atomic E-state index is 0.408. The lowest BCUT2D eigenvalue weighted by atomic mass is 10.3. The average molecular weight is 296 g/mol. The third-order valence-electron chi connectivity index (χ3n) is 2.48. The fourth-order valence-electron chi connectivity index (χ4n) is 1.62. The molecule has 3 rings (SSSR count). The van der Waals surface area contributed by atoms with Crippen LogP contribution in [0.2, 0.25) is 0 Å². The van der Waals surface area contributed by atoms with Crippen LogP contribution in [0.3, 0.4) is 0 Å². The topological polar surface area (TPSA) is 34.4 Å². The smallest absolute Gasteiger partial charge is 0.195 e. The van der Waals surface area contributed by atoms with E-state index < -0.39 is 11.6 Å². The highest BCUT2D eigenvalue weighted by Gasteiger charge is 2.14. The number of aromatic nitrogens is 2. The second-order valence-corrected chi connectivity index (χ2v) is 5.59. The quantitative estimate of drug-likeness (QED) is 0.692. The highest BCUT2D eigenvalue weighted by molar-refractivity contribution is 7.99. The summed E-state index contributed by atoms with van der Waals surface area (Å²) < 4.78 is 27.6. The molecule has 0 atom stereocenters. The molecule has 1 aromatic carbocycles. The average Bonchev–Trinajstić information content (AvgIpc) is 2.94. The lowest BCUT2D eigenvalue weighted by Crippen LogP contribution is -1.89. The van der Waals surface area contributed by atoms with Crippen LogP contribution in [0, 0.1) is 11.6 Å². The molecule has 0 N–H and O–H groups in total. The van der Waals surface area contributed by atoms with Crippen LogP contribution in [0.5, 0.6) is 0 Å². The SMILES string of the molecule is O=Cc1c(Sc2ccc(F)c(F)c2)nc2sccn12. The van der Waals surface area contributed by atoms with Crippen LogP contribution in [0.15, 0.2) is 39.7 Å². The molecule has 0 aliphatic heterocycles. The monoisotopic (exact) mass is 296 g/mol. The van der Waals surface area contributed by atoms with Gasteiger partial charge in [0, 0.05) is 16.5 Å². The van der Waals surface area contributed by atoms with Gasteiger partial charge in [-0.25, -0.2) is 13.8 Å². The first kappa shape index (κ1) is 12.3. The molecule has 2 heterocycles. The number of fused-ring (bicyclic) bond motifs is 1. The Kier molecular flexibility index (Phi) is 3.08. The van der Waals surface area contributed by atoms with Crippen LogP contribution in [-0.2, 0) is 0 Å². The zero-order valence-corrected chi connectivity index (χ0v) is 11.0. The maximum absolute atomic E-state index is 13.1. The lowest BCUT2D eigenvalue weighted by Gasteiger charge is -2.00. The van der Waals surface area contributed by atoms with Gasteiger partial charge in [0.1, 0.15) is 10.7 Å².